The number of nitrogens with zero attached hydrogens (tertiary/aromatic N) is 1. The van der Waals surface area contributed by atoms with Gasteiger partial charge in [0.15, 0.2) is 11.7 Å². The first kappa shape index (κ1) is 17.1. The minimum absolute atomic E-state index is 0.0672. The largest absolute Gasteiger partial charge is 0.459 e. The summed E-state index contributed by atoms with van der Waals surface area (Å²) in [6.07, 6.45) is 2.45. The normalized spacial score (nSPS) is 12.2. The zero-order chi connectivity index (χ0) is 18.6. The van der Waals surface area contributed by atoms with Gasteiger partial charge in [0.2, 0.25) is 5.91 Å². The summed E-state index contributed by atoms with van der Waals surface area (Å²) in [6, 6.07) is 19.3. The van der Waals surface area contributed by atoms with Crippen LogP contribution in [0.15, 0.2) is 75.7 Å². The second-order valence-corrected chi connectivity index (χ2v) is 6.46. The average molecular weight is 360 g/mol. The third-order valence-electron chi connectivity index (χ3n) is 4.43. The van der Waals surface area contributed by atoms with Crippen LogP contribution < -0.4 is 5.32 Å². The molecule has 0 aliphatic rings. The SMILES string of the molecule is CC(NC(=O)CCc1ncc(-c2ccccc2)o1)c1cc2ccccc2o1. The van der Waals surface area contributed by atoms with E-state index >= 15 is 0 Å². The van der Waals surface area contributed by atoms with Crippen molar-refractivity contribution in [3.8, 4) is 11.3 Å². The smallest absolute Gasteiger partial charge is 0.221 e. The van der Waals surface area contributed by atoms with Crippen molar-refractivity contribution in [1.29, 1.82) is 0 Å². The molecule has 5 nitrogen and oxygen atoms in total. The lowest BCUT2D eigenvalue weighted by Gasteiger charge is -2.10. The number of carbonyl (C=O) groups is 1. The van der Waals surface area contributed by atoms with Crippen LogP contribution in [0.1, 0.15) is 31.0 Å². The molecule has 0 bridgehead atoms. The van der Waals surface area contributed by atoms with Gasteiger partial charge >= 0.3 is 0 Å². The van der Waals surface area contributed by atoms with Crippen LogP contribution in [-0.2, 0) is 11.2 Å². The van der Waals surface area contributed by atoms with Crippen LogP contribution in [0.25, 0.3) is 22.3 Å². The van der Waals surface area contributed by atoms with Crippen LogP contribution in [0, 0.1) is 0 Å². The number of amides is 1. The van der Waals surface area contributed by atoms with Gasteiger partial charge in [-0.25, -0.2) is 4.98 Å². The molecule has 4 aromatic rings. The summed E-state index contributed by atoms with van der Waals surface area (Å²) in [5, 5.41) is 3.99. The fraction of sp³-hybridized carbons (Fsp3) is 0.182. The Kier molecular flexibility index (Phi) is 4.75. The van der Waals surface area contributed by atoms with Gasteiger partial charge in [-0.1, -0.05) is 48.5 Å². The van der Waals surface area contributed by atoms with Crippen molar-refractivity contribution in [1.82, 2.24) is 10.3 Å². The van der Waals surface area contributed by atoms with E-state index in [2.05, 4.69) is 10.3 Å². The Morgan fingerprint density at radius 2 is 1.85 bits per heavy atom. The van der Waals surface area contributed by atoms with Crippen LogP contribution in [0.2, 0.25) is 0 Å². The van der Waals surface area contributed by atoms with Gasteiger partial charge in [-0.05, 0) is 19.1 Å². The van der Waals surface area contributed by atoms with E-state index in [-0.39, 0.29) is 11.9 Å². The number of furan rings is 1. The molecule has 27 heavy (non-hydrogen) atoms. The van der Waals surface area contributed by atoms with Crippen molar-refractivity contribution in [2.75, 3.05) is 0 Å². The summed E-state index contributed by atoms with van der Waals surface area (Å²) >= 11 is 0. The molecule has 2 heterocycles. The van der Waals surface area contributed by atoms with E-state index in [1.807, 2.05) is 67.6 Å². The minimum atomic E-state index is -0.200. The Morgan fingerprint density at radius 1 is 1.07 bits per heavy atom. The molecular weight excluding hydrogens is 340 g/mol. The molecule has 1 N–H and O–H groups in total. The third kappa shape index (κ3) is 3.92. The average Bonchev–Trinajstić information content (AvgIpc) is 3.34. The number of aromatic nitrogens is 1. The standard InChI is InChI=1S/C22H20N2O3/c1-15(19-13-17-9-5-6-10-18(17)26-19)24-21(25)11-12-22-23-14-20(27-22)16-7-3-2-4-8-16/h2-10,13-15H,11-12H2,1H3,(H,24,25). The molecule has 0 spiro atoms. The Labute approximate surface area is 157 Å². The van der Waals surface area contributed by atoms with Gasteiger partial charge in [-0.2, -0.15) is 0 Å². The summed E-state index contributed by atoms with van der Waals surface area (Å²) in [5.74, 6) is 1.94. The molecule has 0 fully saturated rings. The highest BCUT2D eigenvalue weighted by molar-refractivity contribution is 5.79. The number of rotatable bonds is 6. The molecule has 4 rings (SSSR count). The minimum Gasteiger partial charge on any atom is -0.459 e. The summed E-state index contributed by atoms with van der Waals surface area (Å²) in [7, 11) is 0. The second kappa shape index (κ2) is 7.50. The molecule has 5 heteroatoms. The fourth-order valence-corrected chi connectivity index (χ4v) is 2.98. The number of nitrogens with one attached hydrogen (secondary N) is 1. The molecule has 1 unspecified atom stereocenters. The third-order valence-corrected chi connectivity index (χ3v) is 4.43. The van der Waals surface area contributed by atoms with Crippen LogP contribution in [-0.4, -0.2) is 10.9 Å². The highest BCUT2D eigenvalue weighted by atomic mass is 16.4. The maximum atomic E-state index is 12.3. The molecule has 2 aromatic carbocycles. The number of para-hydroxylation sites is 1. The number of hydrogen-bond acceptors (Lipinski definition) is 4. The lowest BCUT2D eigenvalue weighted by atomic mass is 10.2. The highest BCUT2D eigenvalue weighted by Crippen LogP contribution is 2.24. The van der Waals surface area contributed by atoms with Crippen molar-refractivity contribution in [3.05, 3.63) is 78.5 Å². The molecule has 0 aliphatic heterocycles. The number of benzene rings is 2. The van der Waals surface area contributed by atoms with Crippen LogP contribution in [0.3, 0.4) is 0 Å². The number of carbonyl (C=O) groups excluding carboxylic acids is 1. The second-order valence-electron chi connectivity index (χ2n) is 6.46. The predicted molar refractivity (Wildman–Crippen MR) is 103 cm³/mol. The zero-order valence-electron chi connectivity index (χ0n) is 15.0. The number of hydrogen-bond donors (Lipinski definition) is 1. The molecule has 1 atom stereocenters. The highest BCUT2D eigenvalue weighted by Gasteiger charge is 2.15. The van der Waals surface area contributed by atoms with Crippen molar-refractivity contribution in [2.45, 2.75) is 25.8 Å². The first-order chi connectivity index (χ1) is 13.2. The van der Waals surface area contributed by atoms with E-state index in [4.69, 9.17) is 8.83 Å². The first-order valence-corrected chi connectivity index (χ1v) is 8.97. The van der Waals surface area contributed by atoms with Crippen LogP contribution in [0.5, 0.6) is 0 Å². The van der Waals surface area contributed by atoms with Crippen LogP contribution in [0.4, 0.5) is 0 Å². The summed E-state index contributed by atoms with van der Waals surface area (Å²) < 4.78 is 11.5. The number of aryl methyl sites for hydroxylation is 1. The van der Waals surface area contributed by atoms with Crippen molar-refractivity contribution in [3.63, 3.8) is 0 Å². The van der Waals surface area contributed by atoms with E-state index in [1.54, 1.807) is 6.20 Å². The summed E-state index contributed by atoms with van der Waals surface area (Å²) in [6.45, 7) is 1.91. The van der Waals surface area contributed by atoms with E-state index < -0.39 is 0 Å². The predicted octanol–water partition coefficient (Wildman–Crippen LogP) is 4.90. The molecule has 0 radical (unpaired) electrons. The van der Waals surface area contributed by atoms with Gasteiger partial charge in [0, 0.05) is 23.8 Å². The molecule has 2 aromatic heterocycles. The fourth-order valence-electron chi connectivity index (χ4n) is 2.98. The molecule has 1 amide bonds. The van der Waals surface area contributed by atoms with E-state index in [0.29, 0.717) is 24.5 Å². The lowest BCUT2D eigenvalue weighted by molar-refractivity contribution is -0.121. The number of oxazole rings is 1. The molecule has 0 aliphatic carbocycles. The topological polar surface area (TPSA) is 68.3 Å². The van der Waals surface area contributed by atoms with Gasteiger partial charge in [-0.3, -0.25) is 4.79 Å². The molecule has 136 valence electrons. The Balaban J connectivity index is 1.33. The Bertz CT molecular complexity index is 1020. The van der Waals surface area contributed by atoms with Gasteiger partial charge in [0.1, 0.15) is 11.3 Å². The Hall–Kier alpha value is -3.34. The van der Waals surface area contributed by atoms with Crippen molar-refractivity contribution < 1.29 is 13.6 Å². The first-order valence-electron chi connectivity index (χ1n) is 8.97. The maximum absolute atomic E-state index is 12.3. The molecule has 0 saturated carbocycles. The lowest BCUT2D eigenvalue weighted by Crippen LogP contribution is -2.26. The Morgan fingerprint density at radius 3 is 2.67 bits per heavy atom. The van der Waals surface area contributed by atoms with Gasteiger partial charge < -0.3 is 14.2 Å². The van der Waals surface area contributed by atoms with E-state index in [0.717, 1.165) is 22.3 Å². The van der Waals surface area contributed by atoms with Crippen molar-refractivity contribution >= 4 is 16.9 Å². The van der Waals surface area contributed by atoms with E-state index in [1.165, 1.54) is 0 Å². The van der Waals surface area contributed by atoms with Crippen molar-refractivity contribution in [2.24, 2.45) is 0 Å². The van der Waals surface area contributed by atoms with Gasteiger partial charge in [0.25, 0.3) is 0 Å². The maximum Gasteiger partial charge on any atom is 0.221 e. The van der Waals surface area contributed by atoms with Gasteiger partial charge in [0.05, 0.1) is 12.2 Å². The zero-order valence-corrected chi connectivity index (χ0v) is 15.0. The monoisotopic (exact) mass is 360 g/mol. The van der Waals surface area contributed by atoms with Gasteiger partial charge in [-0.15, -0.1) is 0 Å². The summed E-state index contributed by atoms with van der Waals surface area (Å²) in [4.78, 5) is 16.5. The number of fused-ring (bicyclic) bond motifs is 1. The molecule has 0 saturated heterocycles. The summed E-state index contributed by atoms with van der Waals surface area (Å²) in [5.41, 5.74) is 1.79. The van der Waals surface area contributed by atoms with E-state index in [9.17, 15) is 4.79 Å². The quantitative estimate of drug-likeness (QED) is 0.531. The van der Waals surface area contributed by atoms with Crippen LogP contribution >= 0.6 is 0 Å². The molecular formula is C22H20N2O3.